The number of nitrogens with one attached hydrogen (secondary N) is 3. The smallest absolute Gasteiger partial charge is 0.254 e. The zero-order valence-corrected chi connectivity index (χ0v) is 17.9. The summed E-state index contributed by atoms with van der Waals surface area (Å²) in [5.74, 6) is -2.14. The molecule has 0 aromatic heterocycles. The Labute approximate surface area is 189 Å². The lowest BCUT2D eigenvalue weighted by Crippen LogP contribution is -2.31. The fourth-order valence-corrected chi connectivity index (χ4v) is 3.35. The molecule has 32 heavy (non-hydrogen) atoms. The fraction of sp³-hybridized carbons (Fsp3) is 0.125. The second-order valence-electron chi connectivity index (χ2n) is 6.94. The summed E-state index contributed by atoms with van der Waals surface area (Å²) in [6.45, 7) is 0. The lowest BCUT2D eigenvalue weighted by Gasteiger charge is -2.19. The van der Waals surface area contributed by atoms with Crippen LogP contribution in [0.3, 0.4) is 0 Å². The third-order valence-electron chi connectivity index (χ3n) is 4.74. The molecular weight excluding hydrogens is 433 g/mol. The quantitative estimate of drug-likeness (QED) is 0.497. The SMILES string of the molecule is CNC(=O)c1cc(NC(=O)CC(NC(=O)c2ccccc2Cl)c2ccccc2)ccc1F. The topological polar surface area (TPSA) is 87.3 Å². The Morgan fingerprint density at radius 3 is 2.28 bits per heavy atom. The highest BCUT2D eigenvalue weighted by Gasteiger charge is 2.21. The molecule has 3 rings (SSSR count). The van der Waals surface area contributed by atoms with Crippen LogP contribution in [-0.2, 0) is 4.79 Å². The van der Waals surface area contributed by atoms with Gasteiger partial charge in [-0.25, -0.2) is 4.39 Å². The standard InChI is InChI=1S/C24H21ClFN3O3/c1-27-23(31)18-13-16(11-12-20(18)26)28-22(30)14-21(15-7-3-2-4-8-15)29-24(32)17-9-5-6-10-19(17)25/h2-13,21H,14H2,1H3,(H,27,31)(H,28,30)(H,29,32). The lowest BCUT2D eigenvalue weighted by atomic mass is 10.0. The Bertz CT molecular complexity index is 1140. The van der Waals surface area contributed by atoms with Gasteiger partial charge in [0.1, 0.15) is 5.82 Å². The van der Waals surface area contributed by atoms with Crippen molar-refractivity contribution in [2.24, 2.45) is 0 Å². The van der Waals surface area contributed by atoms with Crippen LogP contribution in [0.5, 0.6) is 0 Å². The minimum Gasteiger partial charge on any atom is -0.355 e. The van der Waals surface area contributed by atoms with E-state index in [9.17, 15) is 18.8 Å². The van der Waals surface area contributed by atoms with Crippen LogP contribution in [0, 0.1) is 5.82 Å². The van der Waals surface area contributed by atoms with Gasteiger partial charge in [0, 0.05) is 12.7 Å². The Morgan fingerprint density at radius 1 is 0.906 bits per heavy atom. The lowest BCUT2D eigenvalue weighted by molar-refractivity contribution is -0.116. The molecule has 0 aliphatic carbocycles. The third-order valence-corrected chi connectivity index (χ3v) is 5.07. The van der Waals surface area contributed by atoms with Gasteiger partial charge < -0.3 is 16.0 Å². The van der Waals surface area contributed by atoms with E-state index in [4.69, 9.17) is 11.6 Å². The number of benzene rings is 3. The van der Waals surface area contributed by atoms with E-state index in [-0.39, 0.29) is 17.7 Å². The van der Waals surface area contributed by atoms with Gasteiger partial charge in [-0.05, 0) is 35.9 Å². The van der Waals surface area contributed by atoms with E-state index >= 15 is 0 Å². The molecule has 0 saturated heterocycles. The summed E-state index contributed by atoms with van der Waals surface area (Å²) in [6, 6.07) is 18.7. The molecule has 0 saturated carbocycles. The second kappa shape index (κ2) is 10.5. The molecule has 3 N–H and O–H groups in total. The average Bonchev–Trinajstić information content (AvgIpc) is 2.80. The number of hydrogen-bond acceptors (Lipinski definition) is 3. The molecular formula is C24H21ClFN3O3. The average molecular weight is 454 g/mol. The second-order valence-corrected chi connectivity index (χ2v) is 7.35. The highest BCUT2D eigenvalue weighted by atomic mass is 35.5. The number of amides is 3. The minimum atomic E-state index is -0.698. The highest BCUT2D eigenvalue weighted by molar-refractivity contribution is 6.33. The molecule has 0 radical (unpaired) electrons. The molecule has 3 aromatic rings. The molecule has 0 fully saturated rings. The van der Waals surface area contributed by atoms with Gasteiger partial charge in [0.25, 0.3) is 11.8 Å². The first-order chi connectivity index (χ1) is 15.4. The molecule has 6 nitrogen and oxygen atoms in total. The van der Waals surface area contributed by atoms with Crippen LogP contribution in [0.1, 0.15) is 38.7 Å². The van der Waals surface area contributed by atoms with Crippen LogP contribution < -0.4 is 16.0 Å². The van der Waals surface area contributed by atoms with Crippen molar-refractivity contribution in [2.45, 2.75) is 12.5 Å². The van der Waals surface area contributed by atoms with E-state index in [0.29, 0.717) is 10.6 Å². The van der Waals surface area contributed by atoms with Crippen LogP contribution >= 0.6 is 11.6 Å². The molecule has 8 heteroatoms. The zero-order valence-electron chi connectivity index (χ0n) is 17.2. The largest absolute Gasteiger partial charge is 0.355 e. The molecule has 0 bridgehead atoms. The number of carbonyl (C=O) groups is 3. The van der Waals surface area contributed by atoms with Crippen LogP contribution in [0.4, 0.5) is 10.1 Å². The van der Waals surface area contributed by atoms with Gasteiger partial charge in [-0.3, -0.25) is 14.4 Å². The van der Waals surface area contributed by atoms with Gasteiger partial charge in [-0.1, -0.05) is 54.1 Å². The number of halogens is 2. The van der Waals surface area contributed by atoms with Gasteiger partial charge in [-0.2, -0.15) is 0 Å². The monoisotopic (exact) mass is 453 g/mol. The summed E-state index contributed by atoms with van der Waals surface area (Å²) in [7, 11) is 1.39. The third kappa shape index (κ3) is 5.70. The predicted octanol–water partition coefficient (Wildman–Crippen LogP) is 4.34. The normalized spacial score (nSPS) is 11.3. The van der Waals surface area contributed by atoms with Crippen molar-refractivity contribution in [3.63, 3.8) is 0 Å². The molecule has 1 unspecified atom stereocenters. The van der Waals surface area contributed by atoms with Gasteiger partial charge in [0.2, 0.25) is 5.91 Å². The van der Waals surface area contributed by atoms with Gasteiger partial charge in [-0.15, -0.1) is 0 Å². The van der Waals surface area contributed by atoms with Crippen LogP contribution in [0.25, 0.3) is 0 Å². The number of anilines is 1. The molecule has 0 heterocycles. The Morgan fingerprint density at radius 2 is 1.59 bits per heavy atom. The van der Waals surface area contributed by atoms with E-state index in [1.54, 1.807) is 48.5 Å². The first-order valence-corrected chi connectivity index (χ1v) is 10.2. The Hall–Kier alpha value is -3.71. The maximum absolute atomic E-state index is 13.9. The molecule has 0 aliphatic heterocycles. The van der Waals surface area contributed by atoms with Crippen LogP contribution in [-0.4, -0.2) is 24.8 Å². The maximum atomic E-state index is 13.9. The van der Waals surface area contributed by atoms with E-state index < -0.39 is 29.6 Å². The molecule has 0 aliphatic rings. The van der Waals surface area contributed by atoms with Crippen molar-refractivity contribution < 1.29 is 18.8 Å². The van der Waals surface area contributed by atoms with E-state index in [1.807, 2.05) is 6.07 Å². The van der Waals surface area contributed by atoms with E-state index in [2.05, 4.69) is 16.0 Å². The van der Waals surface area contributed by atoms with E-state index in [0.717, 1.165) is 11.6 Å². The first kappa shape index (κ1) is 23.0. The summed E-state index contributed by atoms with van der Waals surface area (Å²) >= 11 is 6.12. The maximum Gasteiger partial charge on any atom is 0.254 e. The van der Waals surface area contributed by atoms with Crippen molar-refractivity contribution in [1.82, 2.24) is 10.6 Å². The summed E-state index contributed by atoms with van der Waals surface area (Å²) < 4.78 is 13.9. The fourth-order valence-electron chi connectivity index (χ4n) is 3.13. The molecule has 1 atom stereocenters. The highest BCUT2D eigenvalue weighted by Crippen LogP contribution is 2.22. The zero-order chi connectivity index (χ0) is 23.1. The van der Waals surface area contributed by atoms with Crippen LogP contribution in [0.2, 0.25) is 5.02 Å². The van der Waals surface area contributed by atoms with Crippen LogP contribution in [0.15, 0.2) is 72.8 Å². The predicted molar refractivity (Wildman–Crippen MR) is 121 cm³/mol. The summed E-state index contributed by atoms with van der Waals surface area (Å²) in [5, 5.41) is 8.15. The number of rotatable bonds is 7. The van der Waals surface area contributed by atoms with Crippen molar-refractivity contribution in [3.05, 3.63) is 100 Å². The minimum absolute atomic E-state index is 0.0904. The molecule has 3 amide bonds. The summed E-state index contributed by atoms with van der Waals surface area (Å²) in [6.07, 6.45) is -0.0904. The van der Waals surface area contributed by atoms with Gasteiger partial charge in [0.05, 0.1) is 28.6 Å². The first-order valence-electron chi connectivity index (χ1n) is 9.81. The summed E-state index contributed by atoms with van der Waals surface area (Å²) in [4.78, 5) is 37.3. The molecule has 164 valence electrons. The molecule has 0 spiro atoms. The van der Waals surface area contributed by atoms with Crippen molar-refractivity contribution in [1.29, 1.82) is 0 Å². The van der Waals surface area contributed by atoms with E-state index in [1.165, 1.54) is 19.2 Å². The van der Waals surface area contributed by atoms with Crippen molar-refractivity contribution in [2.75, 3.05) is 12.4 Å². The number of carbonyl (C=O) groups excluding carboxylic acids is 3. The van der Waals surface area contributed by atoms with Crippen molar-refractivity contribution >= 4 is 35.0 Å². The number of hydrogen-bond donors (Lipinski definition) is 3. The Kier molecular flexibility index (Phi) is 7.57. The van der Waals surface area contributed by atoms with Gasteiger partial charge in [0.15, 0.2) is 0 Å². The van der Waals surface area contributed by atoms with Gasteiger partial charge >= 0.3 is 0 Å². The van der Waals surface area contributed by atoms with Crippen molar-refractivity contribution in [3.8, 4) is 0 Å². The Balaban J connectivity index is 1.78. The summed E-state index contributed by atoms with van der Waals surface area (Å²) in [5.41, 5.74) is 1.11. The molecule has 3 aromatic carbocycles.